The molecule has 0 radical (unpaired) electrons. The average molecular weight is 455 g/mol. The first kappa shape index (κ1) is 28.8. The monoisotopic (exact) mass is 455 g/mol. The number of phosphoric ester groups is 1. The second-order valence-electron chi connectivity index (χ2n) is 9.64. The summed E-state index contributed by atoms with van der Waals surface area (Å²) in [5.74, 6) is -0.661. The second-order valence-corrected chi connectivity index (χ2v) is 11.2. The van der Waals surface area contributed by atoms with Gasteiger partial charge in [-0.25, -0.2) is 18.7 Å². The van der Waals surface area contributed by atoms with Crippen LogP contribution in [0.5, 0.6) is 0 Å². The first-order valence-corrected chi connectivity index (χ1v) is 11.2. The van der Waals surface area contributed by atoms with Crippen LogP contribution in [0.4, 0.5) is 4.79 Å². The number of carbonyl (C=O) groups is 2. The van der Waals surface area contributed by atoms with Crippen molar-refractivity contribution in [2.24, 2.45) is 0 Å². The zero-order valence-electron chi connectivity index (χ0n) is 19.8. The largest absolute Gasteiger partial charge is 0.478 e. The lowest BCUT2D eigenvalue weighted by molar-refractivity contribution is -0.160. The standard InChI is InChI=1S/C19H38NO9P/c1-14(15(22)27-17(2,3)4)20(11-12-21)16(23)25-13-26-30(24,28-18(5,6)7)29-19(8,9)10/h14,21H,11-13H2,1-10H3. The molecule has 178 valence electrons. The zero-order valence-corrected chi connectivity index (χ0v) is 20.7. The fourth-order valence-corrected chi connectivity index (χ4v) is 3.70. The third-order valence-electron chi connectivity index (χ3n) is 2.96. The number of esters is 1. The molecule has 30 heavy (non-hydrogen) atoms. The second kappa shape index (κ2) is 10.9. The number of nitrogens with zero attached hydrogens (tertiary/aromatic N) is 1. The molecular formula is C19H38NO9P. The number of aliphatic hydroxyl groups excluding tert-OH is 1. The molecule has 1 atom stereocenters. The van der Waals surface area contributed by atoms with Gasteiger partial charge in [0.1, 0.15) is 11.6 Å². The fourth-order valence-electron chi connectivity index (χ4n) is 2.03. The summed E-state index contributed by atoms with van der Waals surface area (Å²) in [7, 11) is -4.07. The lowest BCUT2D eigenvalue weighted by atomic mass is 10.2. The summed E-state index contributed by atoms with van der Waals surface area (Å²) in [5, 5.41) is 9.24. The van der Waals surface area contributed by atoms with Crippen molar-refractivity contribution in [2.75, 3.05) is 19.9 Å². The number of carbonyl (C=O) groups excluding carboxylic acids is 2. The molecule has 0 aliphatic rings. The molecule has 0 fully saturated rings. The van der Waals surface area contributed by atoms with E-state index in [9.17, 15) is 19.3 Å². The predicted octanol–water partition coefficient (Wildman–Crippen LogP) is 3.86. The molecule has 0 aliphatic carbocycles. The van der Waals surface area contributed by atoms with Crippen LogP contribution in [0, 0.1) is 0 Å². The van der Waals surface area contributed by atoms with Crippen LogP contribution in [0.1, 0.15) is 69.2 Å². The van der Waals surface area contributed by atoms with Gasteiger partial charge in [-0.05, 0) is 69.2 Å². The molecule has 11 heteroatoms. The van der Waals surface area contributed by atoms with Gasteiger partial charge < -0.3 is 14.6 Å². The van der Waals surface area contributed by atoms with E-state index in [0.717, 1.165) is 4.90 Å². The van der Waals surface area contributed by atoms with Crippen molar-refractivity contribution in [3.63, 3.8) is 0 Å². The third-order valence-corrected chi connectivity index (χ3v) is 4.92. The first-order valence-electron chi connectivity index (χ1n) is 9.72. The average Bonchev–Trinajstić information content (AvgIpc) is 2.45. The van der Waals surface area contributed by atoms with E-state index in [2.05, 4.69) is 0 Å². The topological polar surface area (TPSA) is 121 Å². The summed E-state index contributed by atoms with van der Waals surface area (Å²) >= 11 is 0. The van der Waals surface area contributed by atoms with Crippen molar-refractivity contribution in [3.8, 4) is 0 Å². The molecule has 0 rings (SSSR count). The molecule has 0 aromatic heterocycles. The molecule has 1 N–H and O–H groups in total. The van der Waals surface area contributed by atoms with Gasteiger partial charge in [-0.1, -0.05) is 0 Å². The van der Waals surface area contributed by atoms with E-state index in [4.69, 9.17) is 23.0 Å². The number of phosphoric acid groups is 1. The van der Waals surface area contributed by atoms with Crippen LogP contribution in [0.25, 0.3) is 0 Å². The summed E-state index contributed by atoms with van der Waals surface area (Å²) in [6, 6.07) is -1.02. The summed E-state index contributed by atoms with van der Waals surface area (Å²) < 4.78 is 39.2. The molecule has 0 saturated heterocycles. The number of rotatable bonds is 9. The number of hydrogen-bond donors (Lipinski definition) is 1. The lowest BCUT2D eigenvalue weighted by Crippen LogP contribution is -2.47. The van der Waals surface area contributed by atoms with Gasteiger partial charge in [0.15, 0.2) is 0 Å². The molecule has 0 bridgehead atoms. The molecule has 0 heterocycles. The Labute approximate surface area is 179 Å². The summed E-state index contributed by atoms with van der Waals surface area (Å²) in [4.78, 5) is 25.7. The van der Waals surface area contributed by atoms with Crippen molar-refractivity contribution in [2.45, 2.75) is 92.1 Å². The Morgan fingerprint density at radius 2 is 1.40 bits per heavy atom. The minimum absolute atomic E-state index is 0.173. The lowest BCUT2D eigenvalue weighted by Gasteiger charge is -2.31. The van der Waals surface area contributed by atoms with Crippen LogP contribution < -0.4 is 0 Å². The Hall–Kier alpha value is -1.19. The molecular weight excluding hydrogens is 417 g/mol. The van der Waals surface area contributed by atoms with E-state index < -0.39 is 56.1 Å². The van der Waals surface area contributed by atoms with E-state index in [1.165, 1.54) is 6.92 Å². The van der Waals surface area contributed by atoms with Gasteiger partial charge in [-0.15, -0.1) is 0 Å². The zero-order chi connectivity index (χ0) is 24.0. The summed E-state index contributed by atoms with van der Waals surface area (Å²) in [6.07, 6.45) is -0.958. The minimum atomic E-state index is -4.07. The third kappa shape index (κ3) is 12.5. The number of hydrogen-bond acceptors (Lipinski definition) is 9. The van der Waals surface area contributed by atoms with Crippen LogP contribution >= 0.6 is 7.82 Å². The summed E-state index contributed by atoms with van der Waals surface area (Å²) in [5.41, 5.74) is -2.44. The van der Waals surface area contributed by atoms with Gasteiger partial charge in [0, 0.05) is 6.54 Å². The number of amides is 1. The predicted molar refractivity (Wildman–Crippen MR) is 111 cm³/mol. The Bertz CT molecular complexity index is 597. The van der Waals surface area contributed by atoms with Crippen LogP contribution in [0.2, 0.25) is 0 Å². The minimum Gasteiger partial charge on any atom is -0.458 e. The van der Waals surface area contributed by atoms with Crippen LogP contribution in [-0.2, 0) is 32.4 Å². The van der Waals surface area contributed by atoms with Crippen molar-refractivity contribution in [3.05, 3.63) is 0 Å². The molecule has 0 saturated carbocycles. The maximum Gasteiger partial charge on any atom is 0.478 e. The maximum absolute atomic E-state index is 12.9. The van der Waals surface area contributed by atoms with E-state index in [-0.39, 0.29) is 6.54 Å². The molecule has 1 amide bonds. The quantitative estimate of drug-likeness (QED) is 0.314. The molecule has 1 unspecified atom stereocenters. The smallest absolute Gasteiger partial charge is 0.458 e. The highest BCUT2D eigenvalue weighted by Gasteiger charge is 2.38. The van der Waals surface area contributed by atoms with Crippen molar-refractivity contribution >= 4 is 19.9 Å². The van der Waals surface area contributed by atoms with Gasteiger partial charge in [-0.2, -0.15) is 0 Å². The van der Waals surface area contributed by atoms with Crippen LogP contribution in [0.3, 0.4) is 0 Å². The van der Waals surface area contributed by atoms with Crippen LogP contribution in [0.15, 0.2) is 0 Å². The normalized spacial score (nSPS) is 14.2. The number of ether oxygens (including phenoxy) is 2. The Morgan fingerprint density at radius 3 is 1.77 bits per heavy atom. The highest BCUT2D eigenvalue weighted by molar-refractivity contribution is 7.48. The number of aliphatic hydroxyl groups is 1. The van der Waals surface area contributed by atoms with E-state index in [1.54, 1.807) is 62.3 Å². The SMILES string of the molecule is CC(C(=O)OC(C)(C)C)N(CCO)C(=O)OCOP(=O)(OC(C)(C)C)OC(C)(C)C. The maximum atomic E-state index is 12.9. The molecule has 10 nitrogen and oxygen atoms in total. The Morgan fingerprint density at radius 1 is 0.933 bits per heavy atom. The van der Waals surface area contributed by atoms with Gasteiger partial charge in [-0.3, -0.25) is 13.9 Å². The Kier molecular flexibility index (Phi) is 10.5. The van der Waals surface area contributed by atoms with Crippen LogP contribution in [-0.4, -0.2) is 64.9 Å². The van der Waals surface area contributed by atoms with Crippen molar-refractivity contribution in [1.82, 2.24) is 4.90 Å². The Balaban J connectivity index is 5.16. The molecule has 0 aliphatic heterocycles. The van der Waals surface area contributed by atoms with E-state index in [1.807, 2.05) is 0 Å². The van der Waals surface area contributed by atoms with Gasteiger partial charge in [0.05, 0.1) is 17.8 Å². The molecule has 0 aromatic rings. The first-order chi connectivity index (χ1) is 13.3. The highest BCUT2D eigenvalue weighted by atomic mass is 31.2. The van der Waals surface area contributed by atoms with Crippen molar-refractivity contribution in [1.29, 1.82) is 0 Å². The summed E-state index contributed by atoms with van der Waals surface area (Å²) in [6.45, 7) is 15.3. The van der Waals surface area contributed by atoms with E-state index in [0.29, 0.717) is 0 Å². The molecule has 0 aromatic carbocycles. The van der Waals surface area contributed by atoms with Crippen molar-refractivity contribution < 1.29 is 42.3 Å². The fraction of sp³-hybridized carbons (Fsp3) is 0.895. The van der Waals surface area contributed by atoms with E-state index >= 15 is 0 Å². The van der Waals surface area contributed by atoms with Gasteiger partial charge >= 0.3 is 19.9 Å². The van der Waals surface area contributed by atoms with Gasteiger partial charge in [0.25, 0.3) is 0 Å². The molecule has 0 spiro atoms. The van der Waals surface area contributed by atoms with Gasteiger partial charge in [0.2, 0.25) is 6.79 Å². The highest BCUT2D eigenvalue weighted by Crippen LogP contribution is 2.55.